The van der Waals surface area contributed by atoms with Crippen LogP contribution in [0.2, 0.25) is 5.02 Å². The van der Waals surface area contributed by atoms with Gasteiger partial charge in [0.25, 0.3) is 11.8 Å². The fourth-order valence-corrected chi connectivity index (χ4v) is 3.35. The van der Waals surface area contributed by atoms with E-state index in [0.29, 0.717) is 17.0 Å². The number of amides is 2. The molecule has 1 heterocycles. The first-order valence-corrected chi connectivity index (χ1v) is 11.5. The molecule has 1 aromatic heterocycles. The average molecular weight is 495 g/mol. The predicted molar refractivity (Wildman–Crippen MR) is 133 cm³/mol. The SMILES string of the molecule is CC(C)C[C@@H](NC(=O)/C(=C\c1ccc(Cl)cc1)NC(=O)c1ccco1)C(=O)OCc1ccccc1. The van der Waals surface area contributed by atoms with E-state index in [-0.39, 0.29) is 24.0 Å². The van der Waals surface area contributed by atoms with Crippen molar-refractivity contribution < 1.29 is 23.5 Å². The molecule has 35 heavy (non-hydrogen) atoms. The van der Waals surface area contributed by atoms with Gasteiger partial charge in [-0.3, -0.25) is 9.59 Å². The van der Waals surface area contributed by atoms with E-state index in [1.165, 1.54) is 18.4 Å². The standard InChI is InChI=1S/C27H27ClN2O5/c1-18(2)15-23(27(33)35-17-20-7-4-3-5-8-20)30-25(31)22(16-19-10-12-21(28)13-11-19)29-26(32)24-9-6-14-34-24/h3-14,16,18,23H,15,17H2,1-2H3,(H,29,32)(H,30,31)/b22-16+/t23-/m1/s1. The second kappa shape index (κ2) is 12.6. The molecule has 2 N–H and O–H groups in total. The summed E-state index contributed by atoms with van der Waals surface area (Å²) in [4.78, 5) is 38.7. The lowest BCUT2D eigenvalue weighted by molar-refractivity contribution is -0.149. The van der Waals surface area contributed by atoms with Crippen molar-refractivity contribution in [3.8, 4) is 0 Å². The molecule has 0 saturated heterocycles. The summed E-state index contributed by atoms with van der Waals surface area (Å²) in [5, 5.41) is 5.82. The summed E-state index contributed by atoms with van der Waals surface area (Å²) in [5.41, 5.74) is 1.41. The number of rotatable bonds is 10. The van der Waals surface area contributed by atoms with Crippen molar-refractivity contribution in [3.63, 3.8) is 0 Å². The summed E-state index contributed by atoms with van der Waals surface area (Å²) in [5.74, 6) is -1.65. The minimum Gasteiger partial charge on any atom is -0.459 e. The Morgan fingerprint density at radius 1 is 1.00 bits per heavy atom. The number of hydrogen-bond donors (Lipinski definition) is 2. The molecule has 0 aliphatic rings. The van der Waals surface area contributed by atoms with E-state index in [4.69, 9.17) is 20.8 Å². The molecule has 8 heteroatoms. The number of halogens is 1. The van der Waals surface area contributed by atoms with Crippen molar-refractivity contribution in [1.29, 1.82) is 0 Å². The van der Waals surface area contributed by atoms with E-state index in [2.05, 4.69) is 10.6 Å². The van der Waals surface area contributed by atoms with E-state index in [1.807, 2.05) is 44.2 Å². The molecule has 0 unspecified atom stereocenters. The first-order valence-electron chi connectivity index (χ1n) is 11.2. The molecule has 0 fully saturated rings. The van der Waals surface area contributed by atoms with Crippen LogP contribution in [0.25, 0.3) is 6.08 Å². The third-order valence-electron chi connectivity index (χ3n) is 4.94. The number of esters is 1. The van der Waals surface area contributed by atoms with Crippen LogP contribution in [0.1, 0.15) is 41.9 Å². The average Bonchev–Trinajstić information content (AvgIpc) is 3.38. The summed E-state index contributed by atoms with van der Waals surface area (Å²) in [6.45, 7) is 3.96. The van der Waals surface area contributed by atoms with E-state index < -0.39 is 23.8 Å². The largest absolute Gasteiger partial charge is 0.459 e. The van der Waals surface area contributed by atoms with Crippen LogP contribution in [0, 0.1) is 5.92 Å². The van der Waals surface area contributed by atoms with Crippen molar-refractivity contribution in [2.24, 2.45) is 5.92 Å². The zero-order valence-electron chi connectivity index (χ0n) is 19.5. The van der Waals surface area contributed by atoms with Gasteiger partial charge in [-0.1, -0.05) is 67.9 Å². The smallest absolute Gasteiger partial charge is 0.328 e. The molecule has 182 valence electrons. The van der Waals surface area contributed by atoms with Gasteiger partial charge in [-0.25, -0.2) is 4.79 Å². The van der Waals surface area contributed by atoms with Gasteiger partial charge in [0.05, 0.1) is 6.26 Å². The van der Waals surface area contributed by atoms with E-state index >= 15 is 0 Å². The van der Waals surface area contributed by atoms with E-state index in [9.17, 15) is 14.4 Å². The Bertz CT molecular complexity index is 1160. The first-order chi connectivity index (χ1) is 16.8. The monoisotopic (exact) mass is 494 g/mol. The molecule has 0 saturated carbocycles. The van der Waals surface area contributed by atoms with Crippen molar-refractivity contribution >= 4 is 35.5 Å². The lowest BCUT2D eigenvalue weighted by Crippen LogP contribution is -2.45. The highest BCUT2D eigenvalue weighted by atomic mass is 35.5. The number of carbonyl (C=O) groups is 3. The second-order valence-corrected chi connectivity index (χ2v) is 8.73. The predicted octanol–water partition coefficient (Wildman–Crippen LogP) is 4.98. The molecule has 0 aliphatic heterocycles. The number of benzene rings is 2. The quantitative estimate of drug-likeness (QED) is 0.306. The molecule has 0 radical (unpaired) electrons. The maximum Gasteiger partial charge on any atom is 0.328 e. The van der Waals surface area contributed by atoms with Crippen molar-refractivity contribution in [1.82, 2.24) is 10.6 Å². The highest BCUT2D eigenvalue weighted by Gasteiger charge is 2.26. The Hall–Kier alpha value is -3.84. The van der Waals surface area contributed by atoms with Crippen LogP contribution in [0.4, 0.5) is 0 Å². The fraction of sp³-hybridized carbons (Fsp3) is 0.222. The Balaban J connectivity index is 1.79. The van der Waals surface area contributed by atoms with Gasteiger partial charge < -0.3 is 19.8 Å². The van der Waals surface area contributed by atoms with E-state index in [1.54, 1.807) is 30.3 Å². The third-order valence-corrected chi connectivity index (χ3v) is 5.19. The zero-order valence-corrected chi connectivity index (χ0v) is 20.2. The van der Waals surface area contributed by atoms with Crippen LogP contribution >= 0.6 is 11.6 Å². The van der Waals surface area contributed by atoms with E-state index in [0.717, 1.165) is 5.56 Å². The van der Waals surface area contributed by atoms with Crippen LogP contribution in [0.5, 0.6) is 0 Å². The van der Waals surface area contributed by atoms with Crippen molar-refractivity contribution in [2.75, 3.05) is 0 Å². The molecule has 2 aromatic carbocycles. The molecule has 3 rings (SSSR count). The van der Waals surface area contributed by atoms with Gasteiger partial charge in [0.15, 0.2) is 5.76 Å². The molecular formula is C27H27ClN2O5. The molecule has 0 bridgehead atoms. The molecule has 2 amide bonds. The van der Waals surface area contributed by atoms with Gasteiger partial charge in [0.2, 0.25) is 0 Å². The topological polar surface area (TPSA) is 97.6 Å². The summed E-state index contributed by atoms with van der Waals surface area (Å²) in [6, 6.07) is 18.2. The van der Waals surface area contributed by atoms with Gasteiger partial charge in [-0.2, -0.15) is 0 Å². The molecule has 3 aromatic rings. The summed E-state index contributed by atoms with van der Waals surface area (Å²) >= 11 is 5.96. The highest BCUT2D eigenvalue weighted by molar-refractivity contribution is 6.30. The lowest BCUT2D eigenvalue weighted by Gasteiger charge is -2.20. The molecule has 7 nitrogen and oxygen atoms in total. The van der Waals surface area contributed by atoms with Crippen LogP contribution in [-0.4, -0.2) is 23.8 Å². The maximum absolute atomic E-state index is 13.2. The van der Waals surface area contributed by atoms with Gasteiger partial charge in [-0.05, 0) is 53.8 Å². The Morgan fingerprint density at radius 2 is 1.71 bits per heavy atom. The molecule has 0 aliphatic carbocycles. The zero-order chi connectivity index (χ0) is 25.2. The molecule has 0 spiro atoms. The van der Waals surface area contributed by atoms with Crippen LogP contribution in [0.3, 0.4) is 0 Å². The fourth-order valence-electron chi connectivity index (χ4n) is 3.23. The van der Waals surface area contributed by atoms with Crippen molar-refractivity contribution in [2.45, 2.75) is 32.9 Å². The Kier molecular flexibility index (Phi) is 9.26. The minimum atomic E-state index is -0.902. The van der Waals surface area contributed by atoms with Gasteiger partial charge in [-0.15, -0.1) is 0 Å². The third kappa shape index (κ3) is 8.15. The Morgan fingerprint density at radius 3 is 2.34 bits per heavy atom. The second-order valence-electron chi connectivity index (χ2n) is 8.29. The summed E-state index contributed by atoms with van der Waals surface area (Å²) < 4.78 is 10.6. The van der Waals surface area contributed by atoms with Gasteiger partial charge in [0, 0.05) is 5.02 Å². The normalized spacial score (nSPS) is 12.2. The first kappa shape index (κ1) is 25.8. The van der Waals surface area contributed by atoms with Crippen molar-refractivity contribution in [3.05, 3.63) is 101 Å². The highest BCUT2D eigenvalue weighted by Crippen LogP contribution is 2.14. The van der Waals surface area contributed by atoms with Crippen LogP contribution in [-0.2, 0) is 20.9 Å². The minimum absolute atomic E-state index is 0.0424. The van der Waals surface area contributed by atoms with Gasteiger partial charge >= 0.3 is 5.97 Å². The molecular weight excluding hydrogens is 468 g/mol. The number of hydrogen-bond acceptors (Lipinski definition) is 5. The summed E-state index contributed by atoms with van der Waals surface area (Å²) in [6.07, 6.45) is 3.22. The molecule has 1 atom stereocenters. The number of carbonyl (C=O) groups excluding carboxylic acids is 3. The van der Waals surface area contributed by atoms with Crippen LogP contribution < -0.4 is 10.6 Å². The van der Waals surface area contributed by atoms with Crippen LogP contribution in [0.15, 0.2) is 83.1 Å². The number of ether oxygens (including phenoxy) is 1. The maximum atomic E-state index is 13.2. The van der Waals surface area contributed by atoms with Gasteiger partial charge in [0.1, 0.15) is 18.3 Å². The Labute approximate surface area is 209 Å². The number of nitrogens with one attached hydrogen (secondary N) is 2. The summed E-state index contributed by atoms with van der Waals surface area (Å²) in [7, 11) is 0. The number of furan rings is 1. The lowest BCUT2D eigenvalue weighted by atomic mass is 10.0.